The van der Waals surface area contributed by atoms with Crippen molar-refractivity contribution in [2.75, 3.05) is 11.9 Å². The summed E-state index contributed by atoms with van der Waals surface area (Å²) >= 11 is 0. The molecule has 144 valence electrons. The average Bonchev–Trinajstić information content (AvgIpc) is 2.70. The largest absolute Gasteiger partial charge is 0.446 e. The Kier molecular flexibility index (Phi) is 7.28. The quantitative estimate of drug-likeness (QED) is 0.635. The van der Waals surface area contributed by atoms with Gasteiger partial charge in [0.15, 0.2) is 0 Å². The average molecular weight is 367 g/mol. The molecule has 1 amide bonds. The minimum absolute atomic E-state index is 0.0478. The van der Waals surface area contributed by atoms with E-state index in [-0.39, 0.29) is 12.2 Å². The lowest BCUT2D eigenvalue weighted by molar-refractivity contribution is 0.0865. The highest BCUT2D eigenvalue weighted by Crippen LogP contribution is 2.30. The van der Waals surface area contributed by atoms with E-state index >= 15 is 0 Å². The molecule has 0 bridgehead atoms. The number of ether oxygens (including phenoxy) is 1. The second-order valence-electron chi connectivity index (χ2n) is 7.28. The van der Waals surface area contributed by atoms with Gasteiger partial charge in [0.05, 0.1) is 5.69 Å². The molecule has 4 nitrogen and oxygen atoms in total. The third kappa shape index (κ3) is 5.83. The van der Waals surface area contributed by atoms with Crippen LogP contribution >= 0.6 is 0 Å². The Balaban J connectivity index is 1.76. The van der Waals surface area contributed by atoms with E-state index in [1.54, 1.807) is 0 Å². The minimum atomic E-state index is -0.349. The van der Waals surface area contributed by atoms with Gasteiger partial charge in [0.25, 0.3) is 0 Å². The number of hydrogen-bond acceptors (Lipinski definition) is 3. The third-order valence-electron chi connectivity index (χ3n) is 5.15. The predicted octanol–water partition coefficient (Wildman–Crippen LogP) is 5.52. The number of amides is 1. The van der Waals surface area contributed by atoms with Crippen molar-refractivity contribution in [3.05, 3.63) is 54.1 Å². The Bertz CT molecular complexity index is 724. The fourth-order valence-corrected chi connectivity index (χ4v) is 3.67. The molecule has 2 aromatic rings. The molecule has 3 N–H and O–H groups in total. The highest BCUT2D eigenvalue weighted by molar-refractivity contribution is 5.91. The van der Waals surface area contributed by atoms with Gasteiger partial charge in [-0.2, -0.15) is 0 Å². The predicted molar refractivity (Wildman–Crippen MR) is 111 cm³/mol. The van der Waals surface area contributed by atoms with E-state index in [0.717, 1.165) is 61.8 Å². The zero-order chi connectivity index (χ0) is 18.9. The van der Waals surface area contributed by atoms with E-state index in [9.17, 15) is 4.79 Å². The lowest BCUT2D eigenvalue weighted by atomic mass is 9.98. The minimum Gasteiger partial charge on any atom is -0.446 e. The summed E-state index contributed by atoms with van der Waals surface area (Å²) in [5, 5.41) is 3.00. The van der Waals surface area contributed by atoms with Crippen molar-refractivity contribution in [1.29, 1.82) is 0 Å². The lowest BCUT2D eigenvalue weighted by Crippen LogP contribution is -2.24. The Hall–Kier alpha value is -2.33. The molecule has 0 heterocycles. The highest BCUT2D eigenvalue weighted by atomic mass is 16.6. The van der Waals surface area contributed by atoms with Crippen LogP contribution in [-0.2, 0) is 11.2 Å². The van der Waals surface area contributed by atoms with Gasteiger partial charge in [-0.3, -0.25) is 5.32 Å². The van der Waals surface area contributed by atoms with Crippen LogP contribution < -0.4 is 11.1 Å². The van der Waals surface area contributed by atoms with Gasteiger partial charge in [0.1, 0.15) is 6.10 Å². The summed E-state index contributed by atoms with van der Waals surface area (Å²) in [5.74, 6) is 0. The molecule has 0 unspecified atom stereocenters. The van der Waals surface area contributed by atoms with Crippen molar-refractivity contribution in [1.82, 2.24) is 0 Å². The third-order valence-corrected chi connectivity index (χ3v) is 5.15. The van der Waals surface area contributed by atoms with Crippen molar-refractivity contribution >= 4 is 11.8 Å². The molecule has 1 aliphatic rings. The number of benzene rings is 2. The first-order chi connectivity index (χ1) is 13.3. The summed E-state index contributed by atoms with van der Waals surface area (Å²) in [7, 11) is 0. The number of hydrogen-bond donors (Lipinski definition) is 2. The van der Waals surface area contributed by atoms with Crippen molar-refractivity contribution in [3.63, 3.8) is 0 Å². The SMILES string of the molecule is NCCCCc1ccc(-c2ccccc2)c(NC(=O)OC2CCCCC2)c1. The Labute approximate surface area is 162 Å². The van der Waals surface area contributed by atoms with Crippen LogP contribution in [0.5, 0.6) is 0 Å². The Morgan fingerprint density at radius 2 is 1.81 bits per heavy atom. The number of anilines is 1. The van der Waals surface area contributed by atoms with Gasteiger partial charge in [0, 0.05) is 5.56 Å². The van der Waals surface area contributed by atoms with Gasteiger partial charge in [0.2, 0.25) is 0 Å². The second-order valence-corrected chi connectivity index (χ2v) is 7.28. The number of aryl methyl sites for hydroxylation is 1. The number of rotatable bonds is 7. The van der Waals surface area contributed by atoms with Gasteiger partial charge in [-0.25, -0.2) is 4.79 Å². The number of nitrogens with one attached hydrogen (secondary N) is 1. The molecular weight excluding hydrogens is 336 g/mol. The van der Waals surface area contributed by atoms with Crippen LogP contribution in [0, 0.1) is 0 Å². The zero-order valence-corrected chi connectivity index (χ0v) is 16.0. The summed E-state index contributed by atoms with van der Waals surface area (Å²) in [4.78, 5) is 12.5. The molecule has 0 spiro atoms. The molecule has 0 radical (unpaired) electrons. The van der Waals surface area contributed by atoms with Crippen LogP contribution in [0.4, 0.5) is 10.5 Å². The molecule has 3 rings (SSSR count). The summed E-state index contributed by atoms with van der Waals surface area (Å²) in [6.45, 7) is 0.709. The smallest absolute Gasteiger partial charge is 0.411 e. The van der Waals surface area contributed by atoms with E-state index in [0.29, 0.717) is 6.54 Å². The standard InChI is InChI=1S/C23H30N2O2/c24-16-8-7-9-18-14-15-21(19-10-3-1-4-11-19)22(17-18)25-23(26)27-20-12-5-2-6-13-20/h1,3-4,10-11,14-15,17,20H,2,5-9,12-13,16,24H2,(H,25,26). The van der Waals surface area contributed by atoms with Crippen LogP contribution in [0.15, 0.2) is 48.5 Å². The molecule has 0 aliphatic heterocycles. The van der Waals surface area contributed by atoms with Crippen LogP contribution in [0.3, 0.4) is 0 Å². The van der Waals surface area contributed by atoms with Gasteiger partial charge < -0.3 is 10.5 Å². The van der Waals surface area contributed by atoms with E-state index in [2.05, 4.69) is 35.6 Å². The first kappa shape index (κ1) is 19.4. The normalized spacial score (nSPS) is 14.7. The van der Waals surface area contributed by atoms with Crippen LogP contribution in [0.1, 0.15) is 50.5 Å². The van der Waals surface area contributed by atoms with Gasteiger partial charge >= 0.3 is 6.09 Å². The first-order valence-electron chi connectivity index (χ1n) is 10.1. The van der Waals surface area contributed by atoms with Crippen LogP contribution in [0.2, 0.25) is 0 Å². The second kappa shape index (κ2) is 10.1. The van der Waals surface area contributed by atoms with E-state index < -0.39 is 0 Å². The maximum Gasteiger partial charge on any atom is 0.411 e. The fraction of sp³-hybridized carbons (Fsp3) is 0.435. The lowest BCUT2D eigenvalue weighted by Gasteiger charge is -2.22. The van der Waals surface area contributed by atoms with E-state index in [1.807, 2.05) is 18.2 Å². The fourth-order valence-electron chi connectivity index (χ4n) is 3.67. The Morgan fingerprint density at radius 1 is 1.04 bits per heavy atom. The summed E-state index contributed by atoms with van der Waals surface area (Å²) in [5.41, 5.74) is 9.72. The molecule has 1 saturated carbocycles. The molecule has 0 saturated heterocycles. The maximum absolute atomic E-state index is 12.5. The molecule has 1 fully saturated rings. The van der Waals surface area contributed by atoms with Crippen LogP contribution in [-0.4, -0.2) is 18.7 Å². The number of nitrogens with two attached hydrogens (primary N) is 1. The topological polar surface area (TPSA) is 64.3 Å². The summed E-state index contributed by atoms with van der Waals surface area (Å²) in [6.07, 6.45) is 8.18. The van der Waals surface area contributed by atoms with E-state index in [4.69, 9.17) is 10.5 Å². The number of carbonyl (C=O) groups is 1. The summed E-state index contributed by atoms with van der Waals surface area (Å²) < 4.78 is 5.66. The maximum atomic E-state index is 12.5. The van der Waals surface area contributed by atoms with Crippen molar-refractivity contribution < 1.29 is 9.53 Å². The highest BCUT2D eigenvalue weighted by Gasteiger charge is 2.18. The van der Waals surface area contributed by atoms with Crippen molar-refractivity contribution in [3.8, 4) is 11.1 Å². The van der Waals surface area contributed by atoms with Gasteiger partial charge in [-0.05, 0) is 68.7 Å². The zero-order valence-electron chi connectivity index (χ0n) is 16.0. The molecule has 0 aromatic heterocycles. The monoisotopic (exact) mass is 366 g/mol. The van der Waals surface area contributed by atoms with E-state index in [1.165, 1.54) is 12.0 Å². The summed E-state index contributed by atoms with van der Waals surface area (Å²) in [6, 6.07) is 16.4. The molecule has 1 aliphatic carbocycles. The van der Waals surface area contributed by atoms with Crippen LogP contribution in [0.25, 0.3) is 11.1 Å². The van der Waals surface area contributed by atoms with Crippen molar-refractivity contribution in [2.24, 2.45) is 5.73 Å². The van der Waals surface area contributed by atoms with Crippen molar-refractivity contribution in [2.45, 2.75) is 57.5 Å². The Morgan fingerprint density at radius 3 is 2.56 bits per heavy atom. The molecule has 0 atom stereocenters. The number of unbranched alkanes of at least 4 members (excludes halogenated alkanes) is 1. The number of carbonyl (C=O) groups excluding carboxylic acids is 1. The first-order valence-corrected chi connectivity index (χ1v) is 10.1. The molecule has 4 heteroatoms. The molecular formula is C23H30N2O2. The molecule has 2 aromatic carbocycles. The molecule has 27 heavy (non-hydrogen) atoms. The van der Waals surface area contributed by atoms with Gasteiger partial charge in [-0.1, -0.05) is 48.9 Å². The van der Waals surface area contributed by atoms with Gasteiger partial charge in [-0.15, -0.1) is 0 Å².